The van der Waals surface area contributed by atoms with Crippen LogP contribution in [0.1, 0.15) is 11.1 Å². The molecule has 1 aliphatic heterocycles. The topological polar surface area (TPSA) is 85.7 Å². The Morgan fingerprint density at radius 1 is 1.23 bits per heavy atom. The molecule has 0 amide bonds. The van der Waals surface area contributed by atoms with Gasteiger partial charge in [-0.25, -0.2) is 4.39 Å². The molecular formula is C22H22FN3O4. The van der Waals surface area contributed by atoms with Gasteiger partial charge < -0.3 is 20.1 Å². The minimum Gasteiger partial charge on any atom is -0.497 e. The number of halogens is 1. The maximum atomic E-state index is 14.7. The van der Waals surface area contributed by atoms with Crippen LogP contribution in [-0.4, -0.2) is 25.3 Å². The van der Waals surface area contributed by atoms with Crippen LogP contribution in [0.15, 0.2) is 66.2 Å². The van der Waals surface area contributed by atoms with Crippen molar-refractivity contribution in [2.45, 2.75) is 13.1 Å². The highest BCUT2D eigenvalue weighted by Gasteiger charge is 2.19. The Kier molecular flexibility index (Phi) is 6.36. The number of nitro groups is 1. The number of ether oxygens (including phenoxy) is 2. The van der Waals surface area contributed by atoms with Crippen molar-refractivity contribution < 1.29 is 18.8 Å². The van der Waals surface area contributed by atoms with E-state index in [-0.39, 0.29) is 5.69 Å². The largest absolute Gasteiger partial charge is 0.497 e. The van der Waals surface area contributed by atoms with Crippen LogP contribution in [0.2, 0.25) is 0 Å². The van der Waals surface area contributed by atoms with Gasteiger partial charge in [-0.3, -0.25) is 10.1 Å². The van der Waals surface area contributed by atoms with Crippen molar-refractivity contribution in [2.24, 2.45) is 0 Å². The summed E-state index contributed by atoms with van der Waals surface area (Å²) in [6.07, 6.45) is 5.79. The Morgan fingerprint density at radius 2 is 1.93 bits per heavy atom. The van der Waals surface area contributed by atoms with Gasteiger partial charge in [-0.2, -0.15) is 0 Å². The lowest BCUT2D eigenvalue weighted by Crippen LogP contribution is -2.33. The molecule has 1 aliphatic rings. The van der Waals surface area contributed by atoms with Crippen LogP contribution >= 0.6 is 0 Å². The van der Waals surface area contributed by atoms with Crippen molar-refractivity contribution in [3.63, 3.8) is 0 Å². The molecule has 2 N–H and O–H groups in total. The number of allylic oxidation sites excluding steroid dienone is 3. The number of rotatable bonds is 7. The number of dihydropyridines is 1. The summed E-state index contributed by atoms with van der Waals surface area (Å²) in [4.78, 5) is 10.8. The Morgan fingerprint density at radius 3 is 2.50 bits per heavy atom. The Balaban J connectivity index is 1.75. The molecule has 0 fully saturated rings. The van der Waals surface area contributed by atoms with Crippen molar-refractivity contribution in [3.8, 4) is 11.5 Å². The molecule has 2 aromatic rings. The monoisotopic (exact) mass is 411 g/mol. The number of nitrogens with one attached hydrogen (secondary N) is 2. The van der Waals surface area contributed by atoms with Gasteiger partial charge in [-0.15, -0.1) is 0 Å². The second kappa shape index (κ2) is 9.13. The molecule has 1 unspecified atom stereocenters. The molecule has 0 radical (unpaired) electrons. The van der Waals surface area contributed by atoms with Crippen molar-refractivity contribution in [1.29, 1.82) is 0 Å². The van der Waals surface area contributed by atoms with Crippen LogP contribution in [0.4, 0.5) is 15.8 Å². The molecule has 1 atom stereocenters. The fourth-order valence-corrected chi connectivity index (χ4v) is 3.01. The minimum atomic E-state index is -0.450. The number of hydrogen-bond acceptors (Lipinski definition) is 6. The molecule has 3 rings (SSSR count). The first-order valence-electron chi connectivity index (χ1n) is 9.17. The van der Waals surface area contributed by atoms with Gasteiger partial charge in [0.05, 0.1) is 19.1 Å². The van der Waals surface area contributed by atoms with Crippen molar-refractivity contribution >= 4 is 17.5 Å². The predicted molar refractivity (Wildman–Crippen MR) is 114 cm³/mol. The van der Waals surface area contributed by atoms with Crippen LogP contribution in [0.3, 0.4) is 0 Å². The third kappa shape index (κ3) is 4.78. The van der Waals surface area contributed by atoms with Gasteiger partial charge in [-0.1, -0.05) is 18.2 Å². The normalized spacial score (nSPS) is 15.8. The van der Waals surface area contributed by atoms with Gasteiger partial charge in [0.25, 0.3) is 5.69 Å². The fourth-order valence-electron chi connectivity index (χ4n) is 3.01. The first-order chi connectivity index (χ1) is 14.4. The number of anilines is 1. The Labute approximate surface area is 173 Å². The summed E-state index contributed by atoms with van der Waals surface area (Å²) in [6.45, 7) is 1.79. The van der Waals surface area contributed by atoms with Gasteiger partial charge in [0.15, 0.2) is 0 Å². The maximum Gasteiger partial charge on any atom is 0.292 e. The van der Waals surface area contributed by atoms with Gasteiger partial charge in [-0.05, 0) is 42.3 Å². The highest BCUT2D eigenvalue weighted by molar-refractivity contribution is 5.67. The molecule has 1 heterocycles. The number of methoxy groups -OCH3 is 2. The molecule has 8 heteroatoms. The SMILES string of the molecule is COc1cc(/C=C(\F)C2=CNC(Nc3c(C)cccc3[N+](=O)[O-])C=C2)cc(OC)c1. The maximum absolute atomic E-state index is 14.7. The molecular weight excluding hydrogens is 389 g/mol. The molecule has 156 valence electrons. The van der Waals surface area contributed by atoms with Crippen LogP contribution < -0.4 is 20.1 Å². The summed E-state index contributed by atoms with van der Waals surface area (Å²) in [5.74, 6) is 0.668. The van der Waals surface area contributed by atoms with Gasteiger partial charge in [0.1, 0.15) is 29.2 Å². The average Bonchev–Trinajstić information content (AvgIpc) is 2.75. The van der Waals surface area contributed by atoms with Crippen LogP contribution in [-0.2, 0) is 0 Å². The minimum absolute atomic E-state index is 0.0157. The van der Waals surface area contributed by atoms with Crippen LogP contribution in [0.5, 0.6) is 11.5 Å². The third-order valence-electron chi connectivity index (χ3n) is 4.58. The number of nitrogens with zero attached hydrogens (tertiary/aromatic N) is 1. The summed E-state index contributed by atoms with van der Waals surface area (Å²) < 4.78 is 25.1. The standard InChI is InChI=1S/C22H22FN3O4/c1-14-5-4-6-20(26(27)28)22(14)25-21-8-7-16(13-24-21)19(23)11-15-9-17(29-2)12-18(10-15)30-3/h4-13,21,24-25H,1-3H3/b19-11-. The number of hydrogen-bond donors (Lipinski definition) is 2. The number of benzene rings is 2. The lowest BCUT2D eigenvalue weighted by atomic mass is 10.1. The summed E-state index contributed by atoms with van der Waals surface area (Å²) in [7, 11) is 3.06. The van der Waals surface area contributed by atoms with Crippen molar-refractivity contribution in [1.82, 2.24) is 5.32 Å². The summed E-state index contributed by atoms with van der Waals surface area (Å²) in [5, 5.41) is 17.4. The molecule has 0 saturated heterocycles. The van der Waals surface area contributed by atoms with E-state index < -0.39 is 16.9 Å². The third-order valence-corrected chi connectivity index (χ3v) is 4.58. The van der Waals surface area contributed by atoms with Gasteiger partial charge in [0.2, 0.25) is 0 Å². The molecule has 30 heavy (non-hydrogen) atoms. The van der Waals surface area contributed by atoms with E-state index in [0.29, 0.717) is 28.3 Å². The molecule has 2 aromatic carbocycles. The zero-order valence-corrected chi connectivity index (χ0v) is 16.8. The van der Waals surface area contributed by atoms with E-state index in [2.05, 4.69) is 10.6 Å². The van der Waals surface area contributed by atoms with Crippen LogP contribution in [0.25, 0.3) is 6.08 Å². The highest BCUT2D eigenvalue weighted by atomic mass is 19.1. The first-order valence-corrected chi connectivity index (χ1v) is 9.17. The number of nitro benzene ring substituents is 1. The lowest BCUT2D eigenvalue weighted by Gasteiger charge is -2.21. The molecule has 0 spiro atoms. The number of para-hydroxylation sites is 1. The Hall–Kier alpha value is -3.81. The quantitative estimate of drug-likeness (QED) is 0.507. The smallest absolute Gasteiger partial charge is 0.292 e. The lowest BCUT2D eigenvalue weighted by molar-refractivity contribution is -0.384. The van der Waals surface area contributed by atoms with E-state index in [9.17, 15) is 14.5 Å². The average molecular weight is 411 g/mol. The summed E-state index contributed by atoms with van der Waals surface area (Å²) in [6, 6.07) is 9.96. The molecule has 0 bridgehead atoms. The van der Waals surface area contributed by atoms with E-state index in [1.165, 1.54) is 32.6 Å². The van der Waals surface area contributed by atoms with E-state index in [1.807, 2.05) is 0 Å². The summed E-state index contributed by atoms with van der Waals surface area (Å²) in [5.41, 5.74) is 2.08. The predicted octanol–water partition coefficient (Wildman–Crippen LogP) is 4.71. The van der Waals surface area contributed by atoms with Crippen LogP contribution in [0, 0.1) is 17.0 Å². The molecule has 0 aromatic heterocycles. The van der Waals surface area contributed by atoms with E-state index in [1.54, 1.807) is 49.4 Å². The van der Waals surface area contributed by atoms with E-state index >= 15 is 0 Å². The highest BCUT2D eigenvalue weighted by Crippen LogP contribution is 2.29. The second-order valence-electron chi connectivity index (χ2n) is 6.61. The van der Waals surface area contributed by atoms with Crippen molar-refractivity contribution in [3.05, 3.63) is 87.4 Å². The molecule has 0 aliphatic carbocycles. The zero-order valence-electron chi connectivity index (χ0n) is 16.8. The zero-order chi connectivity index (χ0) is 21.7. The summed E-state index contributed by atoms with van der Waals surface area (Å²) >= 11 is 0. The van der Waals surface area contributed by atoms with Gasteiger partial charge in [0, 0.05) is 23.9 Å². The van der Waals surface area contributed by atoms with E-state index in [0.717, 1.165) is 5.56 Å². The fraction of sp³-hybridized carbons (Fsp3) is 0.182. The first kappa shape index (κ1) is 20.9. The molecule has 7 nitrogen and oxygen atoms in total. The van der Waals surface area contributed by atoms with E-state index in [4.69, 9.17) is 9.47 Å². The number of aryl methyl sites for hydroxylation is 1. The van der Waals surface area contributed by atoms with Crippen molar-refractivity contribution in [2.75, 3.05) is 19.5 Å². The molecule has 0 saturated carbocycles. The van der Waals surface area contributed by atoms with Gasteiger partial charge >= 0.3 is 0 Å². The second-order valence-corrected chi connectivity index (χ2v) is 6.61. The Bertz CT molecular complexity index is 1020.